The number of anilines is 2. The van der Waals surface area contributed by atoms with E-state index >= 15 is 0 Å². The molecule has 0 radical (unpaired) electrons. The minimum Gasteiger partial charge on any atom is -0.343 e. The fourth-order valence-electron chi connectivity index (χ4n) is 2.52. The summed E-state index contributed by atoms with van der Waals surface area (Å²) in [6.45, 7) is -0.160. The molecule has 3 N–H and O–H groups in total. The number of hydrogen-bond donors (Lipinski definition) is 3. The predicted molar refractivity (Wildman–Crippen MR) is 116 cm³/mol. The lowest BCUT2D eigenvalue weighted by Gasteiger charge is -2.09. The monoisotopic (exact) mass is 451 g/mol. The number of carbonyl (C=O) groups is 3. The molecule has 3 aromatic carbocycles. The Bertz CT molecular complexity index is 1020. The second-order valence-electron chi connectivity index (χ2n) is 6.11. The van der Waals surface area contributed by atoms with Gasteiger partial charge in [-0.15, -0.1) is 0 Å². The molecule has 6 nitrogen and oxygen atoms in total. The van der Waals surface area contributed by atoms with Gasteiger partial charge in [-0.1, -0.05) is 30.3 Å². The number of amides is 3. The van der Waals surface area contributed by atoms with E-state index in [0.29, 0.717) is 22.5 Å². The number of nitrogens with one attached hydrogen (secondary N) is 3. The summed E-state index contributed by atoms with van der Waals surface area (Å²) in [4.78, 5) is 36.4. The molecule has 146 valence electrons. The van der Waals surface area contributed by atoms with Crippen molar-refractivity contribution in [1.82, 2.24) is 5.32 Å². The third kappa shape index (κ3) is 5.76. The molecular weight excluding hydrogens is 434 g/mol. The average Bonchev–Trinajstić information content (AvgIpc) is 2.75. The van der Waals surface area contributed by atoms with Crippen LogP contribution in [0.3, 0.4) is 0 Å². The van der Waals surface area contributed by atoms with Crippen LogP contribution in [0.2, 0.25) is 0 Å². The molecule has 0 aliphatic heterocycles. The summed E-state index contributed by atoms with van der Waals surface area (Å²) in [7, 11) is 0. The Hall–Kier alpha value is -3.45. The molecule has 0 aliphatic rings. The summed E-state index contributed by atoms with van der Waals surface area (Å²) in [5, 5.41) is 8.05. The van der Waals surface area contributed by atoms with Crippen molar-refractivity contribution in [3.63, 3.8) is 0 Å². The Morgan fingerprint density at radius 2 is 1.31 bits per heavy atom. The van der Waals surface area contributed by atoms with Gasteiger partial charge in [0.05, 0.1) is 12.2 Å². The van der Waals surface area contributed by atoms with Gasteiger partial charge in [0.15, 0.2) is 0 Å². The molecule has 29 heavy (non-hydrogen) atoms. The summed E-state index contributed by atoms with van der Waals surface area (Å²) in [5.41, 5.74) is 2.13. The number of benzene rings is 3. The molecule has 0 unspecified atom stereocenters. The highest BCUT2D eigenvalue weighted by molar-refractivity contribution is 9.10. The minimum absolute atomic E-state index is 0.160. The Balaban J connectivity index is 1.52. The highest BCUT2D eigenvalue weighted by atomic mass is 79.9. The van der Waals surface area contributed by atoms with Gasteiger partial charge in [0.1, 0.15) is 0 Å². The number of carbonyl (C=O) groups excluding carboxylic acids is 3. The summed E-state index contributed by atoms with van der Waals surface area (Å²) in [5.74, 6) is -0.947. The lowest BCUT2D eigenvalue weighted by atomic mass is 10.1. The molecule has 0 aromatic heterocycles. The highest BCUT2D eigenvalue weighted by Gasteiger charge is 2.10. The highest BCUT2D eigenvalue weighted by Crippen LogP contribution is 2.20. The van der Waals surface area contributed by atoms with Crippen LogP contribution in [-0.2, 0) is 4.79 Å². The molecule has 0 atom stereocenters. The van der Waals surface area contributed by atoms with Crippen molar-refractivity contribution in [1.29, 1.82) is 0 Å². The summed E-state index contributed by atoms with van der Waals surface area (Å²) >= 11 is 3.35. The predicted octanol–water partition coefficient (Wildman–Crippen LogP) is 4.07. The zero-order valence-electron chi connectivity index (χ0n) is 15.3. The van der Waals surface area contributed by atoms with Gasteiger partial charge in [-0.05, 0) is 64.5 Å². The van der Waals surface area contributed by atoms with Crippen molar-refractivity contribution in [2.75, 3.05) is 17.2 Å². The van der Waals surface area contributed by atoms with E-state index in [2.05, 4.69) is 31.9 Å². The molecule has 0 spiro atoms. The molecule has 7 heteroatoms. The van der Waals surface area contributed by atoms with Gasteiger partial charge in [-0.25, -0.2) is 0 Å². The zero-order chi connectivity index (χ0) is 20.6. The third-order valence-electron chi connectivity index (χ3n) is 4.00. The first-order valence-corrected chi connectivity index (χ1v) is 9.61. The van der Waals surface area contributed by atoms with Crippen molar-refractivity contribution < 1.29 is 14.4 Å². The Morgan fingerprint density at radius 3 is 2.00 bits per heavy atom. The van der Waals surface area contributed by atoms with Crippen LogP contribution in [0.1, 0.15) is 20.7 Å². The molecule has 3 aromatic rings. The largest absolute Gasteiger partial charge is 0.343 e. The lowest BCUT2D eigenvalue weighted by Crippen LogP contribution is -2.32. The van der Waals surface area contributed by atoms with Crippen LogP contribution in [0, 0.1) is 0 Å². The van der Waals surface area contributed by atoms with E-state index in [1.165, 1.54) is 0 Å². The second kappa shape index (κ2) is 9.66. The van der Waals surface area contributed by atoms with Gasteiger partial charge in [-0.2, -0.15) is 0 Å². The third-order valence-corrected chi connectivity index (χ3v) is 4.69. The first-order valence-electron chi connectivity index (χ1n) is 8.82. The Morgan fingerprint density at radius 1 is 0.690 bits per heavy atom. The van der Waals surface area contributed by atoms with Gasteiger partial charge >= 0.3 is 0 Å². The lowest BCUT2D eigenvalue weighted by molar-refractivity contribution is -0.115. The van der Waals surface area contributed by atoms with E-state index in [0.717, 1.165) is 4.47 Å². The van der Waals surface area contributed by atoms with Crippen LogP contribution in [0.25, 0.3) is 0 Å². The van der Waals surface area contributed by atoms with Gasteiger partial charge in [0.25, 0.3) is 11.8 Å². The topological polar surface area (TPSA) is 87.3 Å². The van der Waals surface area contributed by atoms with Crippen molar-refractivity contribution in [2.24, 2.45) is 0 Å². The van der Waals surface area contributed by atoms with Crippen LogP contribution in [0.5, 0.6) is 0 Å². The fraction of sp³-hybridized carbons (Fsp3) is 0.0455. The normalized spacial score (nSPS) is 10.1. The first kappa shape index (κ1) is 20.3. The Labute approximate surface area is 176 Å². The molecule has 0 saturated carbocycles. The van der Waals surface area contributed by atoms with Gasteiger partial charge in [0, 0.05) is 21.3 Å². The van der Waals surface area contributed by atoms with Crippen LogP contribution in [0.4, 0.5) is 11.4 Å². The summed E-state index contributed by atoms with van der Waals surface area (Å²) in [6.07, 6.45) is 0. The molecule has 3 rings (SSSR count). The quantitative estimate of drug-likeness (QED) is 0.527. The first-order chi connectivity index (χ1) is 14.0. The van der Waals surface area contributed by atoms with Crippen molar-refractivity contribution in [3.05, 3.63) is 94.5 Å². The number of rotatable bonds is 6. The number of para-hydroxylation sites is 1. The zero-order valence-corrected chi connectivity index (χ0v) is 16.9. The van der Waals surface area contributed by atoms with E-state index in [9.17, 15) is 14.4 Å². The number of halogens is 1. The minimum atomic E-state index is -0.381. The van der Waals surface area contributed by atoms with E-state index in [4.69, 9.17) is 0 Å². The molecule has 0 saturated heterocycles. The van der Waals surface area contributed by atoms with E-state index in [-0.39, 0.29) is 24.3 Å². The standard InChI is InChI=1S/C22H18BrN3O3/c23-18-8-4-5-9-19(18)26-20(27)14-24-21(28)16-10-12-17(13-11-16)25-22(29)15-6-2-1-3-7-15/h1-13H,14H2,(H,24,28)(H,25,29)(H,26,27). The number of hydrogen-bond acceptors (Lipinski definition) is 3. The Kier molecular flexibility index (Phi) is 6.76. The fourth-order valence-corrected chi connectivity index (χ4v) is 2.90. The van der Waals surface area contributed by atoms with Crippen LogP contribution < -0.4 is 16.0 Å². The molecule has 0 fully saturated rings. The van der Waals surface area contributed by atoms with Crippen molar-refractivity contribution in [2.45, 2.75) is 0 Å². The van der Waals surface area contributed by atoms with Gasteiger partial charge < -0.3 is 16.0 Å². The SMILES string of the molecule is O=C(CNC(=O)c1ccc(NC(=O)c2ccccc2)cc1)Nc1ccccc1Br. The summed E-state index contributed by atoms with van der Waals surface area (Å²) in [6, 6.07) is 22.5. The second-order valence-corrected chi connectivity index (χ2v) is 6.96. The van der Waals surface area contributed by atoms with Crippen LogP contribution >= 0.6 is 15.9 Å². The maximum absolute atomic E-state index is 12.2. The van der Waals surface area contributed by atoms with E-state index in [1.807, 2.05) is 18.2 Å². The molecule has 0 heterocycles. The molecule has 0 aliphatic carbocycles. The summed E-state index contributed by atoms with van der Waals surface area (Å²) < 4.78 is 0.757. The van der Waals surface area contributed by atoms with Gasteiger partial charge in [-0.3, -0.25) is 14.4 Å². The van der Waals surface area contributed by atoms with E-state index < -0.39 is 0 Å². The van der Waals surface area contributed by atoms with Crippen LogP contribution in [0.15, 0.2) is 83.3 Å². The van der Waals surface area contributed by atoms with Crippen molar-refractivity contribution in [3.8, 4) is 0 Å². The van der Waals surface area contributed by atoms with Crippen molar-refractivity contribution >= 4 is 45.0 Å². The van der Waals surface area contributed by atoms with E-state index in [1.54, 1.807) is 60.7 Å². The average molecular weight is 452 g/mol. The maximum atomic E-state index is 12.2. The van der Waals surface area contributed by atoms with Gasteiger partial charge in [0.2, 0.25) is 5.91 Å². The maximum Gasteiger partial charge on any atom is 0.255 e. The molecular formula is C22H18BrN3O3. The smallest absolute Gasteiger partial charge is 0.255 e. The molecule has 3 amide bonds. The van der Waals surface area contributed by atoms with Crippen LogP contribution in [-0.4, -0.2) is 24.3 Å². The molecule has 0 bridgehead atoms.